The van der Waals surface area contributed by atoms with Gasteiger partial charge in [-0.1, -0.05) is 51.2 Å². The molecule has 4 heteroatoms. The quantitative estimate of drug-likeness (QED) is 0.542. The Hall–Kier alpha value is 0.0200. The molecular weight excluding hydrogens is 414 g/mol. The van der Waals surface area contributed by atoms with Gasteiger partial charge in [0.25, 0.3) is 0 Å². The molecule has 0 unspecified atom stereocenters. The first-order valence-corrected chi connectivity index (χ1v) is 7.68. The SMILES string of the molecule is Cc1ccc2nc(CI)c(CI)nc2c1. The van der Waals surface area contributed by atoms with Crippen molar-refractivity contribution in [2.45, 2.75) is 15.8 Å². The molecule has 0 aliphatic carbocycles. The van der Waals surface area contributed by atoms with Crippen LogP contribution in [0.15, 0.2) is 18.2 Å². The summed E-state index contributed by atoms with van der Waals surface area (Å²) in [4.78, 5) is 9.28. The molecule has 78 valence electrons. The van der Waals surface area contributed by atoms with E-state index in [0.29, 0.717) is 0 Å². The van der Waals surface area contributed by atoms with Gasteiger partial charge in [-0.25, -0.2) is 9.97 Å². The highest BCUT2D eigenvalue weighted by Gasteiger charge is 2.06. The molecule has 0 radical (unpaired) electrons. The van der Waals surface area contributed by atoms with Crippen molar-refractivity contribution in [2.75, 3.05) is 0 Å². The molecule has 0 saturated heterocycles. The number of fused-ring (bicyclic) bond motifs is 1. The van der Waals surface area contributed by atoms with Gasteiger partial charge >= 0.3 is 0 Å². The first-order chi connectivity index (χ1) is 7.24. The zero-order valence-electron chi connectivity index (χ0n) is 8.30. The molecule has 2 rings (SSSR count). The van der Waals surface area contributed by atoms with Crippen LogP contribution in [-0.4, -0.2) is 9.97 Å². The lowest BCUT2D eigenvalue weighted by Gasteiger charge is -2.05. The molecule has 2 nitrogen and oxygen atoms in total. The molecule has 0 amide bonds. The second kappa shape index (κ2) is 4.90. The molecule has 0 N–H and O–H groups in total. The van der Waals surface area contributed by atoms with Gasteiger partial charge in [-0.15, -0.1) is 0 Å². The Balaban J connectivity index is 2.69. The summed E-state index contributed by atoms with van der Waals surface area (Å²) in [5.74, 6) is 0. The van der Waals surface area contributed by atoms with Crippen LogP contribution in [0, 0.1) is 6.92 Å². The summed E-state index contributed by atoms with van der Waals surface area (Å²) >= 11 is 4.67. The van der Waals surface area contributed by atoms with Crippen LogP contribution in [0.4, 0.5) is 0 Å². The molecule has 1 aromatic heterocycles. The number of alkyl halides is 2. The van der Waals surface area contributed by atoms with E-state index in [1.54, 1.807) is 0 Å². The molecule has 1 heterocycles. The van der Waals surface area contributed by atoms with Crippen LogP contribution < -0.4 is 0 Å². The van der Waals surface area contributed by atoms with Crippen molar-refractivity contribution in [1.29, 1.82) is 0 Å². The third-order valence-corrected chi connectivity index (χ3v) is 3.67. The average molecular weight is 424 g/mol. The number of hydrogen-bond donors (Lipinski definition) is 0. The average Bonchev–Trinajstić information content (AvgIpc) is 2.27. The van der Waals surface area contributed by atoms with Gasteiger partial charge in [-0.05, 0) is 24.6 Å². The van der Waals surface area contributed by atoms with E-state index in [0.717, 1.165) is 31.3 Å². The number of nitrogens with zero attached hydrogens (tertiary/aromatic N) is 2. The van der Waals surface area contributed by atoms with Crippen molar-refractivity contribution in [2.24, 2.45) is 0 Å². The Morgan fingerprint density at radius 3 is 2.20 bits per heavy atom. The molecule has 2 aromatic rings. The van der Waals surface area contributed by atoms with Crippen molar-refractivity contribution in [1.82, 2.24) is 9.97 Å². The van der Waals surface area contributed by atoms with Crippen LogP contribution in [0.3, 0.4) is 0 Å². The highest BCUT2D eigenvalue weighted by Crippen LogP contribution is 2.18. The van der Waals surface area contributed by atoms with Crippen LogP contribution >= 0.6 is 45.2 Å². The summed E-state index contributed by atoms with van der Waals surface area (Å²) < 4.78 is 1.85. The first-order valence-electron chi connectivity index (χ1n) is 4.62. The maximum Gasteiger partial charge on any atom is 0.0893 e. The predicted octanol–water partition coefficient (Wildman–Crippen LogP) is 3.81. The summed E-state index contributed by atoms with van der Waals surface area (Å²) in [6.07, 6.45) is 0. The Morgan fingerprint density at radius 2 is 1.60 bits per heavy atom. The highest BCUT2D eigenvalue weighted by atomic mass is 127. The molecule has 0 fully saturated rings. The van der Waals surface area contributed by atoms with Crippen molar-refractivity contribution in [3.05, 3.63) is 35.2 Å². The van der Waals surface area contributed by atoms with Crippen LogP contribution in [-0.2, 0) is 8.86 Å². The van der Waals surface area contributed by atoms with Crippen LogP contribution in [0.1, 0.15) is 17.0 Å². The van der Waals surface area contributed by atoms with E-state index in [4.69, 9.17) is 0 Å². The standard InChI is InChI=1S/C11H10I2N2/c1-7-2-3-8-9(4-7)15-11(6-13)10(5-12)14-8/h2-4H,5-6H2,1H3. The van der Waals surface area contributed by atoms with Crippen LogP contribution in [0.25, 0.3) is 11.0 Å². The van der Waals surface area contributed by atoms with Crippen LogP contribution in [0.5, 0.6) is 0 Å². The summed E-state index contributed by atoms with van der Waals surface area (Å²) in [5.41, 5.74) is 5.47. The van der Waals surface area contributed by atoms with E-state index in [1.807, 2.05) is 6.07 Å². The number of benzene rings is 1. The highest BCUT2D eigenvalue weighted by molar-refractivity contribution is 14.1. The minimum Gasteiger partial charge on any atom is -0.248 e. The Labute approximate surface area is 116 Å². The molecule has 1 aromatic carbocycles. The normalized spacial score (nSPS) is 10.9. The fraction of sp³-hybridized carbons (Fsp3) is 0.273. The zero-order chi connectivity index (χ0) is 10.8. The largest absolute Gasteiger partial charge is 0.248 e. The third kappa shape index (κ3) is 2.41. The lowest BCUT2D eigenvalue weighted by molar-refractivity contribution is 1.09. The van der Waals surface area contributed by atoms with E-state index in [9.17, 15) is 0 Å². The molecule has 0 saturated carbocycles. The fourth-order valence-electron chi connectivity index (χ4n) is 1.45. The smallest absolute Gasteiger partial charge is 0.0893 e. The molecule has 0 atom stereocenters. The van der Waals surface area contributed by atoms with Crippen molar-refractivity contribution >= 4 is 56.2 Å². The van der Waals surface area contributed by atoms with E-state index >= 15 is 0 Å². The maximum atomic E-state index is 4.65. The van der Waals surface area contributed by atoms with E-state index < -0.39 is 0 Å². The molecule has 0 bridgehead atoms. The Bertz CT molecular complexity index is 497. The van der Waals surface area contributed by atoms with Gasteiger partial charge in [0.05, 0.1) is 22.4 Å². The van der Waals surface area contributed by atoms with Gasteiger partial charge in [0.2, 0.25) is 0 Å². The maximum absolute atomic E-state index is 4.65. The van der Waals surface area contributed by atoms with Gasteiger partial charge in [-0.3, -0.25) is 0 Å². The van der Waals surface area contributed by atoms with Crippen molar-refractivity contribution in [3.63, 3.8) is 0 Å². The fourth-order valence-corrected chi connectivity index (χ4v) is 2.67. The number of aryl methyl sites for hydroxylation is 1. The molecular formula is C11H10I2N2. The predicted molar refractivity (Wildman–Crippen MR) is 79.7 cm³/mol. The first kappa shape index (κ1) is 11.5. The number of halogens is 2. The van der Waals surface area contributed by atoms with Gasteiger partial charge in [0.1, 0.15) is 0 Å². The topological polar surface area (TPSA) is 25.8 Å². The van der Waals surface area contributed by atoms with Crippen molar-refractivity contribution < 1.29 is 0 Å². The van der Waals surface area contributed by atoms with Gasteiger partial charge in [0.15, 0.2) is 0 Å². The second-order valence-corrected chi connectivity index (χ2v) is 4.90. The Kier molecular flexibility index (Phi) is 3.76. The minimum absolute atomic E-state index is 0.924. The van der Waals surface area contributed by atoms with E-state index in [-0.39, 0.29) is 0 Å². The van der Waals surface area contributed by atoms with Gasteiger partial charge < -0.3 is 0 Å². The lowest BCUT2D eigenvalue weighted by Crippen LogP contribution is -1.98. The third-order valence-electron chi connectivity index (χ3n) is 2.23. The number of rotatable bonds is 2. The zero-order valence-corrected chi connectivity index (χ0v) is 12.6. The number of hydrogen-bond acceptors (Lipinski definition) is 2. The van der Waals surface area contributed by atoms with Gasteiger partial charge in [-0.2, -0.15) is 0 Å². The molecule has 15 heavy (non-hydrogen) atoms. The summed E-state index contributed by atoms with van der Waals surface area (Å²) in [6, 6.07) is 6.22. The summed E-state index contributed by atoms with van der Waals surface area (Å²) in [5, 5.41) is 0. The monoisotopic (exact) mass is 424 g/mol. The summed E-state index contributed by atoms with van der Waals surface area (Å²) in [7, 11) is 0. The van der Waals surface area contributed by atoms with E-state index in [2.05, 4.69) is 74.2 Å². The van der Waals surface area contributed by atoms with E-state index in [1.165, 1.54) is 5.56 Å². The lowest BCUT2D eigenvalue weighted by atomic mass is 10.2. The number of aromatic nitrogens is 2. The molecule has 0 spiro atoms. The van der Waals surface area contributed by atoms with Crippen molar-refractivity contribution in [3.8, 4) is 0 Å². The Morgan fingerprint density at radius 1 is 1.00 bits per heavy atom. The minimum atomic E-state index is 0.924. The molecule has 0 aliphatic heterocycles. The second-order valence-electron chi connectivity index (χ2n) is 3.38. The summed E-state index contributed by atoms with van der Waals surface area (Å²) in [6.45, 7) is 2.08. The van der Waals surface area contributed by atoms with Crippen LogP contribution in [0.2, 0.25) is 0 Å². The van der Waals surface area contributed by atoms with Gasteiger partial charge in [0, 0.05) is 8.86 Å². The molecule has 0 aliphatic rings.